The van der Waals surface area contributed by atoms with Crippen molar-refractivity contribution in [1.29, 1.82) is 0 Å². The van der Waals surface area contributed by atoms with Crippen LogP contribution in [-0.2, 0) is 7.59 Å². The van der Waals surface area contributed by atoms with Crippen molar-refractivity contribution in [3.8, 4) is 0 Å². The lowest BCUT2D eigenvalue weighted by atomic mass is 9.93. The summed E-state index contributed by atoms with van der Waals surface area (Å²) in [6.45, 7) is 3.91. The molecule has 0 radical (unpaired) electrons. The van der Waals surface area contributed by atoms with Gasteiger partial charge in [-0.05, 0) is 11.5 Å². The molecule has 0 unspecified atom stereocenters. The molecule has 1 aromatic rings. The van der Waals surface area contributed by atoms with Crippen LogP contribution in [0.5, 0.6) is 0 Å². The highest BCUT2D eigenvalue weighted by atomic mass is 35.6. The SMILES string of the molecule is CC(C)c1c(C(Cl)(Cl)Cl)cccc1C(Cl)(Cl)Cl. The number of hydrogen-bond acceptors (Lipinski definition) is 0. The molecule has 17 heavy (non-hydrogen) atoms. The summed E-state index contributed by atoms with van der Waals surface area (Å²) in [5.74, 6) is 0.0763. The first-order valence-electron chi connectivity index (χ1n) is 4.82. The van der Waals surface area contributed by atoms with Gasteiger partial charge in [-0.1, -0.05) is 102 Å². The van der Waals surface area contributed by atoms with Crippen molar-refractivity contribution in [2.75, 3.05) is 0 Å². The topological polar surface area (TPSA) is 0 Å². The summed E-state index contributed by atoms with van der Waals surface area (Å²) in [6, 6.07) is 5.16. The molecule has 0 saturated heterocycles. The van der Waals surface area contributed by atoms with Crippen LogP contribution in [0.1, 0.15) is 36.5 Å². The van der Waals surface area contributed by atoms with Crippen molar-refractivity contribution < 1.29 is 0 Å². The van der Waals surface area contributed by atoms with E-state index < -0.39 is 7.59 Å². The average molecular weight is 355 g/mol. The molecular formula is C11H10Cl6. The van der Waals surface area contributed by atoms with Gasteiger partial charge in [0.2, 0.25) is 7.59 Å². The Labute approximate surface area is 131 Å². The summed E-state index contributed by atoms with van der Waals surface area (Å²) in [5, 5.41) is 0. The largest absolute Gasteiger partial charge is 0.216 e. The molecule has 0 bridgehead atoms. The summed E-state index contributed by atoms with van der Waals surface area (Å²) in [5.41, 5.74) is 1.84. The van der Waals surface area contributed by atoms with Crippen LogP contribution in [-0.4, -0.2) is 0 Å². The Hall–Kier alpha value is 0.960. The van der Waals surface area contributed by atoms with Gasteiger partial charge in [-0.25, -0.2) is 0 Å². The van der Waals surface area contributed by atoms with E-state index in [4.69, 9.17) is 69.6 Å². The van der Waals surface area contributed by atoms with E-state index >= 15 is 0 Å². The maximum absolute atomic E-state index is 5.93. The Bertz CT molecular complexity index is 367. The van der Waals surface area contributed by atoms with Crippen molar-refractivity contribution in [3.05, 3.63) is 34.9 Å². The van der Waals surface area contributed by atoms with Crippen molar-refractivity contribution in [1.82, 2.24) is 0 Å². The van der Waals surface area contributed by atoms with E-state index in [-0.39, 0.29) is 5.92 Å². The fraction of sp³-hybridized carbons (Fsp3) is 0.455. The lowest BCUT2D eigenvalue weighted by Gasteiger charge is -2.25. The summed E-state index contributed by atoms with van der Waals surface area (Å²) in [7, 11) is 0. The second-order valence-electron chi connectivity index (χ2n) is 3.92. The minimum Gasteiger partial charge on any atom is -0.0784 e. The zero-order valence-electron chi connectivity index (χ0n) is 9.08. The fourth-order valence-corrected chi connectivity index (χ4v) is 2.67. The lowest BCUT2D eigenvalue weighted by Crippen LogP contribution is -2.14. The Balaban J connectivity index is 3.55. The molecule has 0 aliphatic carbocycles. The predicted octanol–water partition coefficient (Wildman–Crippen LogP) is 6.46. The molecule has 0 aliphatic rings. The minimum absolute atomic E-state index is 0.0763. The Kier molecular flexibility index (Phi) is 5.21. The van der Waals surface area contributed by atoms with Gasteiger partial charge in [0.05, 0.1) is 0 Å². The van der Waals surface area contributed by atoms with Crippen LogP contribution in [0.25, 0.3) is 0 Å². The maximum atomic E-state index is 5.93. The first-order chi connectivity index (χ1) is 7.55. The highest BCUT2D eigenvalue weighted by Crippen LogP contribution is 2.48. The summed E-state index contributed by atoms with van der Waals surface area (Å²) in [6.07, 6.45) is 0. The Morgan fingerprint density at radius 2 is 1.18 bits per heavy atom. The highest BCUT2D eigenvalue weighted by Gasteiger charge is 2.33. The monoisotopic (exact) mass is 352 g/mol. The number of alkyl halides is 6. The molecule has 1 aromatic carbocycles. The second kappa shape index (κ2) is 5.53. The van der Waals surface area contributed by atoms with Gasteiger partial charge in [-0.3, -0.25) is 0 Å². The minimum atomic E-state index is -1.54. The second-order valence-corrected chi connectivity index (χ2v) is 8.48. The van der Waals surface area contributed by atoms with E-state index in [1.54, 1.807) is 18.2 Å². The molecule has 0 spiro atoms. The number of rotatable bonds is 1. The molecular weight excluding hydrogens is 345 g/mol. The number of hydrogen-bond donors (Lipinski definition) is 0. The summed E-state index contributed by atoms with van der Waals surface area (Å²) in [4.78, 5) is 0. The van der Waals surface area contributed by atoms with Gasteiger partial charge in [-0.15, -0.1) is 0 Å². The molecule has 0 saturated carbocycles. The van der Waals surface area contributed by atoms with E-state index in [0.29, 0.717) is 11.1 Å². The van der Waals surface area contributed by atoms with E-state index in [1.807, 2.05) is 13.8 Å². The van der Waals surface area contributed by atoms with Crippen molar-refractivity contribution in [2.45, 2.75) is 27.4 Å². The lowest BCUT2D eigenvalue weighted by molar-refractivity contribution is 0.828. The van der Waals surface area contributed by atoms with Crippen LogP contribution in [0.15, 0.2) is 18.2 Å². The van der Waals surface area contributed by atoms with Gasteiger partial charge < -0.3 is 0 Å². The van der Waals surface area contributed by atoms with Crippen LogP contribution in [0, 0.1) is 0 Å². The number of benzene rings is 1. The molecule has 0 amide bonds. The molecule has 1 rings (SSSR count). The third-order valence-electron chi connectivity index (χ3n) is 2.29. The molecule has 0 fully saturated rings. The van der Waals surface area contributed by atoms with E-state index in [2.05, 4.69) is 0 Å². The smallest absolute Gasteiger partial charge is 0.0784 e. The Morgan fingerprint density at radius 1 is 0.824 bits per heavy atom. The quantitative estimate of drug-likeness (QED) is 0.507. The first-order valence-corrected chi connectivity index (χ1v) is 7.09. The van der Waals surface area contributed by atoms with Gasteiger partial charge in [0.15, 0.2) is 0 Å². The van der Waals surface area contributed by atoms with Gasteiger partial charge in [0.1, 0.15) is 0 Å². The standard InChI is InChI=1S/C11H10Cl6/c1-6(2)9-7(10(12,13)14)4-3-5-8(9)11(15,16)17/h3-6H,1-2H3. The molecule has 0 heterocycles. The maximum Gasteiger partial charge on any atom is 0.216 e. The molecule has 0 N–H and O–H groups in total. The van der Waals surface area contributed by atoms with E-state index in [1.165, 1.54) is 0 Å². The first kappa shape index (κ1) is 16.0. The Morgan fingerprint density at radius 3 is 1.41 bits per heavy atom. The van der Waals surface area contributed by atoms with E-state index in [9.17, 15) is 0 Å². The van der Waals surface area contributed by atoms with E-state index in [0.717, 1.165) is 5.56 Å². The van der Waals surface area contributed by atoms with Crippen LogP contribution < -0.4 is 0 Å². The van der Waals surface area contributed by atoms with Gasteiger partial charge in [-0.2, -0.15) is 0 Å². The molecule has 0 aliphatic heterocycles. The zero-order valence-corrected chi connectivity index (χ0v) is 13.6. The molecule has 96 valence electrons. The highest BCUT2D eigenvalue weighted by molar-refractivity contribution is 6.67. The normalized spacial score (nSPS) is 13.2. The summed E-state index contributed by atoms with van der Waals surface area (Å²) < 4.78 is -3.07. The fourth-order valence-electron chi connectivity index (χ4n) is 1.68. The van der Waals surface area contributed by atoms with Crippen LogP contribution in [0.4, 0.5) is 0 Å². The van der Waals surface area contributed by atoms with Gasteiger partial charge in [0, 0.05) is 11.1 Å². The molecule has 0 aromatic heterocycles. The number of halogens is 6. The molecule has 0 atom stereocenters. The third kappa shape index (κ3) is 3.96. The van der Waals surface area contributed by atoms with Crippen molar-refractivity contribution >= 4 is 69.6 Å². The van der Waals surface area contributed by atoms with Crippen LogP contribution in [0.2, 0.25) is 0 Å². The van der Waals surface area contributed by atoms with Crippen LogP contribution in [0.3, 0.4) is 0 Å². The van der Waals surface area contributed by atoms with Crippen molar-refractivity contribution in [3.63, 3.8) is 0 Å². The molecule has 0 nitrogen and oxygen atoms in total. The zero-order chi connectivity index (χ0) is 13.4. The third-order valence-corrected chi connectivity index (χ3v) is 3.52. The average Bonchev–Trinajstić information content (AvgIpc) is 2.13. The van der Waals surface area contributed by atoms with Gasteiger partial charge >= 0.3 is 0 Å². The van der Waals surface area contributed by atoms with Gasteiger partial charge in [0.25, 0.3) is 0 Å². The van der Waals surface area contributed by atoms with Crippen molar-refractivity contribution in [2.24, 2.45) is 0 Å². The van der Waals surface area contributed by atoms with Crippen LogP contribution >= 0.6 is 69.6 Å². The summed E-state index contributed by atoms with van der Waals surface area (Å²) >= 11 is 35.6. The molecule has 6 heteroatoms. The predicted molar refractivity (Wildman–Crippen MR) is 79.0 cm³/mol.